The molecule has 0 saturated carbocycles. The van der Waals surface area contributed by atoms with E-state index in [2.05, 4.69) is 59.9 Å². The second kappa shape index (κ2) is 8.00. The summed E-state index contributed by atoms with van der Waals surface area (Å²) >= 11 is 0. The number of carbonyl (C=O) groups excluding carboxylic acids is 1. The average molecular weight is 389 g/mol. The van der Waals surface area contributed by atoms with Crippen molar-refractivity contribution in [2.24, 2.45) is 0 Å². The summed E-state index contributed by atoms with van der Waals surface area (Å²) < 4.78 is 0. The van der Waals surface area contributed by atoms with Crippen LogP contribution < -0.4 is 5.32 Å². The number of nitrogens with one attached hydrogen (secondary N) is 1. The second-order valence-corrected chi connectivity index (χ2v) is 7.77. The Bertz CT molecular complexity index is 1180. The standard InChI is InChI=1S/C28H23NO/c30-27(21-12-5-2-6-13-21)19-26(20-10-3-1-4-11-20)29-25-17-9-15-23-18-22-14-7-8-16-24(22)28(23)25/h1-17,26,29H,18-19H2. The van der Waals surface area contributed by atoms with Crippen LogP contribution in [0.2, 0.25) is 0 Å². The molecule has 1 aliphatic rings. The lowest BCUT2D eigenvalue weighted by Gasteiger charge is -2.22. The number of ketones is 1. The maximum absolute atomic E-state index is 13.0. The average Bonchev–Trinajstić information content (AvgIpc) is 3.19. The largest absolute Gasteiger partial charge is 0.377 e. The van der Waals surface area contributed by atoms with Gasteiger partial charge in [0.25, 0.3) is 0 Å². The Morgan fingerprint density at radius 3 is 2.20 bits per heavy atom. The van der Waals surface area contributed by atoms with E-state index >= 15 is 0 Å². The number of Topliss-reactive ketones (excluding diaryl/α,β-unsaturated/α-hetero) is 1. The van der Waals surface area contributed by atoms with Crippen molar-refractivity contribution in [3.8, 4) is 11.1 Å². The number of fused-ring (bicyclic) bond motifs is 3. The van der Waals surface area contributed by atoms with E-state index in [1.807, 2.05) is 48.5 Å². The Hall–Kier alpha value is -3.65. The van der Waals surface area contributed by atoms with Crippen LogP contribution in [0, 0.1) is 0 Å². The molecule has 1 unspecified atom stereocenters. The molecule has 0 saturated heterocycles. The Morgan fingerprint density at radius 1 is 0.733 bits per heavy atom. The van der Waals surface area contributed by atoms with Gasteiger partial charge in [-0.2, -0.15) is 0 Å². The Labute approximate surface area is 177 Å². The van der Waals surface area contributed by atoms with Crippen LogP contribution in [0.15, 0.2) is 103 Å². The van der Waals surface area contributed by atoms with Crippen molar-refractivity contribution >= 4 is 11.5 Å². The zero-order valence-electron chi connectivity index (χ0n) is 16.7. The summed E-state index contributed by atoms with van der Waals surface area (Å²) in [5.74, 6) is 0.143. The Balaban J connectivity index is 1.51. The van der Waals surface area contributed by atoms with Crippen LogP contribution in [0.3, 0.4) is 0 Å². The minimum absolute atomic E-state index is 0.0989. The van der Waals surface area contributed by atoms with E-state index in [4.69, 9.17) is 0 Å². The van der Waals surface area contributed by atoms with E-state index in [0.29, 0.717) is 6.42 Å². The molecule has 0 fully saturated rings. The summed E-state index contributed by atoms with van der Waals surface area (Å²) in [5, 5.41) is 3.72. The van der Waals surface area contributed by atoms with Gasteiger partial charge in [-0.3, -0.25) is 4.79 Å². The normalized spacial score (nSPS) is 12.7. The van der Waals surface area contributed by atoms with Crippen molar-refractivity contribution in [1.29, 1.82) is 0 Å². The predicted octanol–water partition coefficient (Wildman–Crippen LogP) is 6.68. The lowest BCUT2D eigenvalue weighted by atomic mass is 9.96. The third-order valence-electron chi connectivity index (χ3n) is 5.84. The monoisotopic (exact) mass is 389 g/mol. The van der Waals surface area contributed by atoms with Gasteiger partial charge < -0.3 is 5.32 Å². The summed E-state index contributed by atoms with van der Waals surface area (Å²) in [7, 11) is 0. The van der Waals surface area contributed by atoms with Crippen LogP contribution in [0.1, 0.15) is 39.5 Å². The first-order valence-electron chi connectivity index (χ1n) is 10.4. The molecule has 30 heavy (non-hydrogen) atoms. The maximum Gasteiger partial charge on any atom is 0.165 e. The molecule has 0 amide bonds. The predicted molar refractivity (Wildman–Crippen MR) is 123 cm³/mol. The smallest absolute Gasteiger partial charge is 0.165 e. The van der Waals surface area contributed by atoms with Crippen LogP contribution >= 0.6 is 0 Å². The van der Waals surface area contributed by atoms with E-state index in [1.54, 1.807) is 0 Å². The SMILES string of the molecule is O=C(CC(Nc1cccc2c1-c1ccccc1C2)c1ccccc1)c1ccccc1. The highest BCUT2D eigenvalue weighted by Gasteiger charge is 2.23. The van der Waals surface area contributed by atoms with Gasteiger partial charge in [0.1, 0.15) is 0 Å². The quantitative estimate of drug-likeness (QED) is 0.328. The van der Waals surface area contributed by atoms with Crippen LogP contribution in [0.25, 0.3) is 11.1 Å². The fourth-order valence-electron chi connectivity index (χ4n) is 4.36. The number of carbonyl (C=O) groups is 1. The lowest BCUT2D eigenvalue weighted by Crippen LogP contribution is -2.16. The van der Waals surface area contributed by atoms with Crippen molar-refractivity contribution in [3.63, 3.8) is 0 Å². The number of anilines is 1. The second-order valence-electron chi connectivity index (χ2n) is 7.77. The molecular formula is C28H23NO. The minimum Gasteiger partial charge on any atom is -0.377 e. The molecule has 4 aromatic carbocycles. The van der Waals surface area contributed by atoms with Crippen molar-refractivity contribution in [2.45, 2.75) is 18.9 Å². The molecule has 0 radical (unpaired) electrons. The van der Waals surface area contributed by atoms with E-state index < -0.39 is 0 Å². The number of hydrogen-bond donors (Lipinski definition) is 1. The number of benzene rings is 4. The summed E-state index contributed by atoms with van der Waals surface area (Å²) in [6.45, 7) is 0. The third kappa shape index (κ3) is 3.53. The zero-order valence-corrected chi connectivity index (χ0v) is 16.7. The molecule has 2 heteroatoms. The van der Waals surface area contributed by atoms with Gasteiger partial charge in [-0.15, -0.1) is 0 Å². The first kappa shape index (κ1) is 18.4. The Morgan fingerprint density at radius 2 is 1.40 bits per heavy atom. The molecule has 1 N–H and O–H groups in total. The summed E-state index contributed by atoms with van der Waals surface area (Å²) in [4.78, 5) is 13.0. The molecule has 0 aromatic heterocycles. The fraction of sp³-hybridized carbons (Fsp3) is 0.107. The first-order chi connectivity index (χ1) is 14.8. The van der Waals surface area contributed by atoms with Gasteiger partial charge in [0, 0.05) is 23.2 Å². The minimum atomic E-state index is -0.0989. The van der Waals surface area contributed by atoms with E-state index in [1.165, 1.54) is 22.3 Å². The molecule has 4 aromatic rings. The molecule has 2 nitrogen and oxygen atoms in total. The topological polar surface area (TPSA) is 29.1 Å². The molecule has 1 aliphatic carbocycles. The highest BCUT2D eigenvalue weighted by atomic mass is 16.1. The highest BCUT2D eigenvalue weighted by Crippen LogP contribution is 2.42. The van der Waals surface area contributed by atoms with Crippen LogP contribution in [0.5, 0.6) is 0 Å². The lowest BCUT2D eigenvalue weighted by molar-refractivity contribution is 0.0976. The molecule has 0 bridgehead atoms. The van der Waals surface area contributed by atoms with Crippen molar-refractivity contribution in [2.75, 3.05) is 5.32 Å². The molecule has 0 spiro atoms. The van der Waals surface area contributed by atoms with Gasteiger partial charge >= 0.3 is 0 Å². The van der Waals surface area contributed by atoms with Gasteiger partial charge in [0.15, 0.2) is 5.78 Å². The van der Waals surface area contributed by atoms with Crippen molar-refractivity contribution in [1.82, 2.24) is 0 Å². The van der Waals surface area contributed by atoms with Crippen LogP contribution in [0.4, 0.5) is 5.69 Å². The first-order valence-corrected chi connectivity index (χ1v) is 10.4. The summed E-state index contributed by atoms with van der Waals surface area (Å²) in [6.07, 6.45) is 1.36. The van der Waals surface area contributed by atoms with Gasteiger partial charge in [-0.05, 0) is 34.7 Å². The highest BCUT2D eigenvalue weighted by molar-refractivity contribution is 5.97. The fourth-order valence-corrected chi connectivity index (χ4v) is 4.36. The van der Waals surface area contributed by atoms with E-state index in [-0.39, 0.29) is 11.8 Å². The zero-order chi connectivity index (χ0) is 20.3. The van der Waals surface area contributed by atoms with Crippen LogP contribution in [-0.2, 0) is 6.42 Å². The van der Waals surface area contributed by atoms with Crippen molar-refractivity contribution in [3.05, 3.63) is 125 Å². The van der Waals surface area contributed by atoms with E-state index in [9.17, 15) is 4.79 Å². The van der Waals surface area contributed by atoms with E-state index in [0.717, 1.165) is 23.2 Å². The van der Waals surface area contributed by atoms with Gasteiger partial charge in [0.05, 0.1) is 6.04 Å². The van der Waals surface area contributed by atoms with Gasteiger partial charge in [-0.1, -0.05) is 97.1 Å². The van der Waals surface area contributed by atoms with Gasteiger partial charge in [0.2, 0.25) is 0 Å². The number of hydrogen-bond acceptors (Lipinski definition) is 2. The molecular weight excluding hydrogens is 366 g/mol. The summed E-state index contributed by atoms with van der Waals surface area (Å²) in [6, 6.07) is 34.7. The molecule has 5 rings (SSSR count). The van der Waals surface area contributed by atoms with Crippen molar-refractivity contribution < 1.29 is 4.79 Å². The summed E-state index contributed by atoms with van der Waals surface area (Å²) in [5.41, 5.74) is 8.21. The van der Waals surface area contributed by atoms with Gasteiger partial charge in [-0.25, -0.2) is 0 Å². The van der Waals surface area contributed by atoms with Crippen LogP contribution in [-0.4, -0.2) is 5.78 Å². The third-order valence-corrected chi connectivity index (χ3v) is 5.84. The maximum atomic E-state index is 13.0. The molecule has 0 heterocycles. The molecule has 1 atom stereocenters. The number of rotatable bonds is 6. The Kier molecular flexibility index (Phi) is 4.90. The molecule has 0 aliphatic heterocycles. The molecule has 146 valence electrons.